The third-order valence-electron chi connectivity index (χ3n) is 3.22. The van der Waals surface area contributed by atoms with E-state index in [0.717, 1.165) is 17.9 Å². The Hall–Kier alpha value is -2.53. The van der Waals surface area contributed by atoms with E-state index < -0.39 is 0 Å². The fourth-order valence-electron chi connectivity index (χ4n) is 2.08. The second kappa shape index (κ2) is 6.07. The molecule has 0 saturated heterocycles. The first kappa shape index (κ1) is 14.4. The molecule has 2 aromatic heterocycles. The molecule has 3 aromatic rings. The molecule has 5 nitrogen and oxygen atoms in total. The molecule has 0 saturated carbocycles. The fourth-order valence-corrected chi connectivity index (χ4v) is 2.36. The molecule has 0 radical (unpaired) electrons. The number of aromatic nitrogens is 2. The van der Waals surface area contributed by atoms with Crippen molar-refractivity contribution in [1.82, 2.24) is 9.55 Å². The Balaban J connectivity index is 1.78. The number of carbonyl (C=O) groups excluding carboxylic acids is 1. The number of hydrogen-bond acceptors (Lipinski definition) is 3. The number of nitrogens with one attached hydrogen (secondary N) is 1. The lowest BCUT2D eigenvalue weighted by molar-refractivity contribution is 0.0995. The molecule has 1 N–H and O–H groups in total. The summed E-state index contributed by atoms with van der Waals surface area (Å²) in [4.78, 5) is 16.1. The Kier molecular flexibility index (Phi) is 3.98. The third kappa shape index (κ3) is 2.89. The molecule has 0 bridgehead atoms. The molecular weight excluding hydrogens is 302 g/mol. The van der Waals surface area contributed by atoms with Crippen LogP contribution in [0.1, 0.15) is 23.2 Å². The zero-order valence-electron chi connectivity index (χ0n) is 11.9. The van der Waals surface area contributed by atoms with Crippen molar-refractivity contribution in [3.05, 3.63) is 65.6 Å². The summed E-state index contributed by atoms with van der Waals surface area (Å²) in [6.45, 7) is 1.97. The van der Waals surface area contributed by atoms with Gasteiger partial charge in [-0.25, -0.2) is 4.98 Å². The predicted octanol–water partition coefficient (Wildman–Crippen LogP) is 3.93. The molecule has 0 aliphatic carbocycles. The number of imidazole rings is 1. The summed E-state index contributed by atoms with van der Waals surface area (Å²) < 4.78 is 7.22. The van der Waals surface area contributed by atoms with E-state index in [0.29, 0.717) is 10.7 Å². The van der Waals surface area contributed by atoms with Gasteiger partial charge in [0.2, 0.25) is 0 Å². The van der Waals surface area contributed by atoms with Gasteiger partial charge < -0.3 is 14.3 Å². The van der Waals surface area contributed by atoms with Crippen LogP contribution in [0.4, 0.5) is 5.69 Å². The second-order valence-electron chi connectivity index (χ2n) is 4.71. The molecule has 2 heterocycles. The monoisotopic (exact) mass is 315 g/mol. The van der Waals surface area contributed by atoms with E-state index in [-0.39, 0.29) is 11.7 Å². The first-order valence-corrected chi connectivity index (χ1v) is 7.23. The van der Waals surface area contributed by atoms with Crippen LogP contribution < -0.4 is 5.32 Å². The Morgan fingerprint density at radius 1 is 1.36 bits per heavy atom. The zero-order chi connectivity index (χ0) is 15.5. The number of amides is 1. The van der Waals surface area contributed by atoms with E-state index in [9.17, 15) is 4.79 Å². The normalized spacial score (nSPS) is 10.6. The van der Waals surface area contributed by atoms with E-state index in [1.54, 1.807) is 47.6 Å². The average Bonchev–Trinajstić information content (AvgIpc) is 3.19. The highest BCUT2D eigenvalue weighted by Gasteiger charge is 2.12. The van der Waals surface area contributed by atoms with Crippen molar-refractivity contribution in [2.75, 3.05) is 5.32 Å². The third-order valence-corrected chi connectivity index (χ3v) is 3.52. The van der Waals surface area contributed by atoms with Gasteiger partial charge in [-0.3, -0.25) is 4.79 Å². The molecule has 0 atom stereocenters. The Bertz CT molecular complexity index is 794. The average molecular weight is 316 g/mol. The maximum atomic E-state index is 12.1. The molecule has 22 heavy (non-hydrogen) atoms. The molecule has 0 aliphatic heterocycles. The van der Waals surface area contributed by atoms with Crippen LogP contribution >= 0.6 is 11.6 Å². The van der Waals surface area contributed by atoms with Crippen LogP contribution in [-0.4, -0.2) is 15.5 Å². The number of nitrogens with zero attached hydrogens (tertiary/aromatic N) is 2. The molecule has 0 fully saturated rings. The highest BCUT2D eigenvalue weighted by molar-refractivity contribution is 6.32. The highest BCUT2D eigenvalue weighted by atomic mass is 35.5. The Morgan fingerprint density at radius 3 is 2.86 bits per heavy atom. The van der Waals surface area contributed by atoms with E-state index in [2.05, 4.69) is 10.3 Å². The van der Waals surface area contributed by atoms with Gasteiger partial charge in [-0.15, -0.1) is 0 Å². The first-order valence-electron chi connectivity index (χ1n) is 6.85. The summed E-state index contributed by atoms with van der Waals surface area (Å²) in [5.74, 6) is 0.761. The standard InChI is InChI=1S/C16H14ClN3O2/c1-2-12-4-6-15(22-12)16(21)19-11-3-5-14(13(17)9-11)20-8-7-18-10-20/h3-10H,2H2,1H3,(H,19,21). The lowest BCUT2D eigenvalue weighted by Crippen LogP contribution is -2.11. The minimum absolute atomic E-state index is 0.284. The summed E-state index contributed by atoms with van der Waals surface area (Å²) in [6.07, 6.45) is 5.89. The maximum absolute atomic E-state index is 12.1. The van der Waals surface area contributed by atoms with Crippen molar-refractivity contribution in [1.29, 1.82) is 0 Å². The summed E-state index contributed by atoms with van der Waals surface area (Å²) in [5.41, 5.74) is 1.40. The number of aryl methyl sites for hydroxylation is 1. The summed E-state index contributed by atoms with van der Waals surface area (Å²) in [6, 6.07) is 8.75. The largest absolute Gasteiger partial charge is 0.456 e. The number of anilines is 1. The van der Waals surface area contributed by atoms with Crippen molar-refractivity contribution in [3.8, 4) is 5.69 Å². The van der Waals surface area contributed by atoms with Gasteiger partial charge >= 0.3 is 0 Å². The summed E-state index contributed by atoms with van der Waals surface area (Å²) in [5, 5.41) is 3.29. The number of benzene rings is 1. The molecule has 112 valence electrons. The van der Waals surface area contributed by atoms with E-state index in [1.165, 1.54) is 0 Å². The summed E-state index contributed by atoms with van der Waals surface area (Å²) in [7, 11) is 0. The molecule has 6 heteroatoms. The van der Waals surface area contributed by atoms with Crippen LogP contribution in [0.3, 0.4) is 0 Å². The van der Waals surface area contributed by atoms with Crippen LogP contribution in [0.2, 0.25) is 5.02 Å². The van der Waals surface area contributed by atoms with Crippen molar-refractivity contribution < 1.29 is 9.21 Å². The smallest absolute Gasteiger partial charge is 0.291 e. The van der Waals surface area contributed by atoms with Crippen molar-refractivity contribution in [3.63, 3.8) is 0 Å². The molecule has 3 rings (SSSR count). The van der Waals surface area contributed by atoms with Gasteiger partial charge in [-0.1, -0.05) is 18.5 Å². The van der Waals surface area contributed by atoms with Crippen LogP contribution in [-0.2, 0) is 6.42 Å². The van der Waals surface area contributed by atoms with Gasteiger partial charge in [0.05, 0.1) is 17.0 Å². The number of furan rings is 1. The predicted molar refractivity (Wildman–Crippen MR) is 84.6 cm³/mol. The quantitative estimate of drug-likeness (QED) is 0.793. The second-order valence-corrected chi connectivity index (χ2v) is 5.12. The van der Waals surface area contributed by atoms with Crippen molar-refractivity contribution in [2.24, 2.45) is 0 Å². The van der Waals surface area contributed by atoms with Crippen LogP contribution in [0.25, 0.3) is 5.69 Å². The van der Waals surface area contributed by atoms with Gasteiger partial charge in [0.15, 0.2) is 5.76 Å². The van der Waals surface area contributed by atoms with Crippen LogP contribution in [0, 0.1) is 0 Å². The number of carbonyl (C=O) groups is 1. The number of halogens is 1. The topological polar surface area (TPSA) is 60.1 Å². The Labute approximate surface area is 132 Å². The highest BCUT2D eigenvalue weighted by Crippen LogP contribution is 2.24. The molecule has 0 spiro atoms. The lowest BCUT2D eigenvalue weighted by Gasteiger charge is -2.08. The van der Waals surface area contributed by atoms with Crippen LogP contribution in [0.15, 0.2) is 53.5 Å². The first-order chi connectivity index (χ1) is 10.7. The molecule has 0 unspecified atom stereocenters. The Morgan fingerprint density at radius 2 is 2.23 bits per heavy atom. The van der Waals surface area contributed by atoms with Gasteiger partial charge in [-0.2, -0.15) is 0 Å². The summed E-state index contributed by atoms with van der Waals surface area (Å²) >= 11 is 6.25. The number of hydrogen-bond donors (Lipinski definition) is 1. The van der Waals surface area contributed by atoms with Gasteiger partial charge in [-0.05, 0) is 30.3 Å². The molecule has 1 aromatic carbocycles. The van der Waals surface area contributed by atoms with Gasteiger partial charge in [0.1, 0.15) is 5.76 Å². The van der Waals surface area contributed by atoms with Crippen molar-refractivity contribution >= 4 is 23.2 Å². The number of rotatable bonds is 4. The minimum Gasteiger partial charge on any atom is -0.456 e. The molecule has 1 amide bonds. The minimum atomic E-state index is -0.300. The van der Waals surface area contributed by atoms with Crippen LogP contribution in [0.5, 0.6) is 0 Å². The van der Waals surface area contributed by atoms with E-state index >= 15 is 0 Å². The van der Waals surface area contributed by atoms with E-state index in [4.69, 9.17) is 16.0 Å². The molecular formula is C16H14ClN3O2. The fraction of sp³-hybridized carbons (Fsp3) is 0.125. The zero-order valence-corrected chi connectivity index (χ0v) is 12.7. The molecule has 0 aliphatic rings. The van der Waals surface area contributed by atoms with E-state index in [1.807, 2.05) is 13.0 Å². The van der Waals surface area contributed by atoms with Gasteiger partial charge in [0.25, 0.3) is 5.91 Å². The lowest BCUT2D eigenvalue weighted by atomic mass is 10.2. The SMILES string of the molecule is CCc1ccc(C(=O)Nc2ccc(-n3ccnc3)c(Cl)c2)o1. The van der Waals surface area contributed by atoms with Gasteiger partial charge in [0, 0.05) is 24.5 Å². The maximum Gasteiger partial charge on any atom is 0.291 e. The van der Waals surface area contributed by atoms with Crippen molar-refractivity contribution in [2.45, 2.75) is 13.3 Å².